The maximum Gasteiger partial charge on any atom is 0.221 e. The summed E-state index contributed by atoms with van der Waals surface area (Å²) in [5.41, 5.74) is 5.93. The Morgan fingerprint density at radius 3 is 2.23 bits per heavy atom. The van der Waals surface area contributed by atoms with Crippen LogP contribution in [0.1, 0.15) is 40.0 Å². The van der Waals surface area contributed by atoms with Gasteiger partial charge in [-0.05, 0) is 36.0 Å². The standard InChI is InChI=1S/C11H19NO/c1-10(2)7-4-5-11(10,3)8(6-7)9(12)13/h7-8H,4-6H2,1-3H3,(H2,12,13)/t7-,8?,11-/m1/s1. The van der Waals surface area contributed by atoms with Crippen LogP contribution in [-0.2, 0) is 4.79 Å². The number of carbonyl (C=O) groups excluding carboxylic acids is 1. The van der Waals surface area contributed by atoms with E-state index in [9.17, 15) is 4.79 Å². The first-order valence-electron chi connectivity index (χ1n) is 5.19. The van der Waals surface area contributed by atoms with E-state index in [1.54, 1.807) is 0 Å². The van der Waals surface area contributed by atoms with E-state index in [4.69, 9.17) is 5.73 Å². The molecule has 2 bridgehead atoms. The van der Waals surface area contributed by atoms with Gasteiger partial charge in [-0.25, -0.2) is 0 Å². The second-order valence-electron chi connectivity index (χ2n) is 5.57. The Morgan fingerprint density at radius 1 is 1.38 bits per heavy atom. The zero-order valence-electron chi connectivity index (χ0n) is 8.76. The lowest BCUT2D eigenvalue weighted by Gasteiger charge is -2.37. The van der Waals surface area contributed by atoms with Crippen LogP contribution in [0.5, 0.6) is 0 Å². The fraction of sp³-hybridized carbons (Fsp3) is 0.909. The minimum atomic E-state index is -0.0854. The van der Waals surface area contributed by atoms with Crippen LogP contribution < -0.4 is 5.73 Å². The smallest absolute Gasteiger partial charge is 0.221 e. The Kier molecular flexibility index (Phi) is 1.59. The van der Waals surface area contributed by atoms with Gasteiger partial charge in [-0.15, -0.1) is 0 Å². The molecule has 0 aliphatic heterocycles. The summed E-state index contributed by atoms with van der Waals surface area (Å²) in [4.78, 5) is 11.3. The summed E-state index contributed by atoms with van der Waals surface area (Å²) in [5, 5.41) is 0. The van der Waals surface area contributed by atoms with Crippen LogP contribution in [0.3, 0.4) is 0 Å². The molecule has 1 unspecified atom stereocenters. The Balaban J connectivity index is 2.38. The summed E-state index contributed by atoms with van der Waals surface area (Å²) in [5.74, 6) is 0.758. The first kappa shape index (κ1) is 9.04. The first-order valence-corrected chi connectivity index (χ1v) is 5.19. The van der Waals surface area contributed by atoms with Crippen molar-refractivity contribution in [3.05, 3.63) is 0 Å². The van der Waals surface area contributed by atoms with Crippen LogP contribution in [0.25, 0.3) is 0 Å². The van der Waals surface area contributed by atoms with E-state index in [-0.39, 0.29) is 17.2 Å². The molecule has 2 aliphatic rings. The molecule has 2 nitrogen and oxygen atoms in total. The molecule has 0 aromatic heterocycles. The largest absolute Gasteiger partial charge is 0.369 e. The van der Waals surface area contributed by atoms with E-state index >= 15 is 0 Å². The van der Waals surface area contributed by atoms with Gasteiger partial charge in [-0.3, -0.25) is 4.79 Å². The Bertz CT molecular complexity index is 259. The number of carbonyl (C=O) groups is 1. The third-order valence-corrected chi connectivity index (χ3v) is 5.14. The van der Waals surface area contributed by atoms with Crippen molar-refractivity contribution >= 4 is 5.91 Å². The third-order valence-electron chi connectivity index (χ3n) is 5.14. The number of fused-ring (bicyclic) bond motifs is 2. The van der Waals surface area contributed by atoms with Crippen LogP contribution in [0.15, 0.2) is 0 Å². The highest BCUT2D eigenvalue weighted by atomic mass is 16.1. The van der Waals surface area contributed by atoms with Crippen molar-refractivity contribution in [2.24, 2.45) is 28.4 Å². The van der Waals surface area contributed by atoms with Gasteiger partial charge in [0.1, 0.15) is 0 Å². The van der Waals surface area contributed by atoms with Gasteiger partial charge in [0.2, 0.25) is 5.91 Å². The highest BCUT2D eigenvalue weighted by Gasteiger charge is 2.62. The zero-order chi connectivity index (χ0) is 9.85. The van der Waals surface area contributed by atoms with Gasteiger partial charge in [0, 0.05) is 5.92 Å². The first-order chi connectivity index (χ1) is 5.89. The lowest BCUT2D eigenvalue weighted by atomic mass is 9.66. The summed E-state index contributed by atoms with van der Waals surface area (Å²) in [6, 6.07) is 0. The molecule has 0 aromatic rings. The number of hydrogen-bond donors (Lipinski definition) is 1. The molecule has 2 rings (SSSR count). The monoisotopic (exact) mass is 181 g/mol. The number of primary amides is 1. The fourth-order valence-electron chi connectivity index (χ4n) is 3.63. The summed E-state index contributed by atoms with van der Waals surface area (Å²) >= 11 is 0. The van der Waals surface area contributed by atoms with E-state index < -0.39 is 0 Å². The van der Waals surface area contributed by atoms with Gasteiger partial charge in [-0.2, -0.15) is 0 Å². The summed E-state index contributed by atoms with van der Waals surface area (Å²) in [6.45, 7) is 6.84. The van der Waals surface area contributed by atoms with E-state index in [0.29, 0.717) is 5.41 Å². The molecule has 2 aliphatic carbocycles. The molecule has 0 aromatic carbocycles. The number of rotatable bonds is 1. The van der Waals surface area contributed by atoms with Crippen LogP contribution in [0, 0.1) is 22.7 Å². The Labute approximate surface area is 79.9 Å². The molecule has 1 amide bonds. The number of nitrogens with two attached hydrogens (primary N) is 1. The minimum Gasteiger partial charge on any atom is -0.369 e. The number of hydrogen-bond acceptors (Lipinski definition) is 1. The minimum absolute atomic E-state index is 0.0854. The molecule has 0 heterocycles. The average molecular weight is 181 g/mol. The molecular formula is C11H19NO. The van der Waals surface area contributed by atoms with E-state index in [2.05, 4.69) is 20.8 Å². The normalized spacial score (nSPS) is 46.7. The molecule has 74 valence electrons. The molecule has 2 fully saturated rings. The van der Waals surface area contributed by atoms with Gasteiger partial charge in [0.25, 0.3) is 0 Å². The summed E-state index contributed by atoms with van der Waals surface area (Å²) in [7, 11) is 0. The Morgan fingerprint density at radius 2 is 2.00 bits per heavy atom. The van der Waals surface area contributed by atoms with Crippen molar-refractivity contribution in [1.82, 2.24) is 0 Å². The lowest BCUT2D eigenvalue weighted by Crippen LogP contribution is -2.39. The summed E-state index contributed by atoms with van der Waals surface area (Å²) in [6.07, 6.45) is 3.49. The predicted octanol–water partition coefficient (Wildman–Crippen LogP) is 1.93. The van der Waals surface area contributed by atoms with Gasteiger partial charge >= 0.3 is 0 Å². The Hall–Kier alpha value is -0.530. The maximum atomic E-state index is 11.3. The van der Waals surface area contributed by atoms with Crippen molar-refractivity contribution in [2.45, 2.75) is 40.0 Å². The van der Waals surface area contributed by atoms with Crippen LogP contribution >= 0.6 is 0 Å². The highest BCUT2D eigenvalue weighted by Crippen LogP contribution is 2.67. The van der Waals surface area contributed by atoms with Crippen molar-refractivity contribution < 1.29 is 4.79 Å². The van der Waals surface area contributed by atoms with E-state index in [0.717, 1.165) is 12.3 Å². The van der Waals surface area contributed by atoms with Crippen molar-refractivity contribution in [2.75, 3.05) is 0 Å². The third kappa shape index (κ3) is 0.866. The molecular weight excluding hydrogens is 162 g/mol. The molecule has 0 radical (unpaired) electrons. The van der Waals surface area contributed by atoms with Crippen molar-refractivity contribution in [3.8, 4) is 0 Å². The van der Waals surface area contributed by atoms with Crippen LogP contribution in [0.4, 0.5) is 0 Å². The second kappa shape index (κ2) is 2.28. The quantitative estimate of drug-likeness (QED) is 0.660. The highest BCUT2D eigenvalue weighted by molar-refractivity contribution is 5.78. The topological polar surface area (TPSA) is 43.1 Å². The van der Waals surface area contributed by atoms with Crippen molar-refractivity contribution in [1.29, 1.82) is 0 Å². The maximum absolute atomic E-state index is 11.3. The predicted molar refractivity (Wildman–Crippen MR) is 51.9 cm³/mol. The zero-order valence-corrected chi connectivity index (χ0v) is 8.76. The van der Waals surface area contributed by atoms with E-state index in [1.165, 1.54) is 12.8 Å². The van der Waals surface area contributed by atoms with Crippen LogP contribution in [0.2, 0.25) is 0 Å². The number of amides is 1. The molecule has 2 heteroatoms. The fourth-order valence-corrected chi connectivity index (χ4v) is 3.63. The molecule has 0 saturated heterocycles. The molecule has 3 atom stereocenters. The molecule has 0 spiro atoms. The van der Waals surface area contributed by atoms with Gasteiger partial charge < -0.3 is 5.73 Å². The lowest BCUT2D eigenvalue weighted by molar-refractivity contribution is -0.126. The van der Waals surface area contributed by atoms with E-state index in [1.807, 2.05) is 0 Å². The molecule has 2 N–H and O–H groups in total. The van der Waals surface area contributed by atoms with Gasteiger partial charge in [0.05, 0.1) is 0 Å². The molecule has 2 saturated carbocycles. The SMILES string of the molecule is CC1(C)[C@@H]2CC[C@]1(C)C(C(N)=O)C2. The van der Waals surface area contributed by atoms with Crippen LogP contribution in [-0.4, -0.2) is 5.91 Å². The van der Waals surface area contributed by atoms with Gasteiger partial charge in [0.15, 0.2) is 0 Å². The average Bonchev–Trinajstić information content (AvgIpc) is 2.34. The van der Waals surface area contributed by atoms with Crippen molar-refractivity contribution in [3.63, 3.8) is 0 Å². The summed E-state index contributed by atoms with van der Waals surface area (Å²) < 4.78 is 0. The molecule has 13 heavy (non-hydrogen) atoms. The van der Waals surface area contributed by atoms with Gasteiger partial charge in [-0.1, -0.05) is 20.8 Å². The second-order valence-corrected chi connectivity index (χ2v) is 5.57.